The average Bonchev–Trinajstić information content (AvgIpc) is 3.26. The number of carbonyl (C=O) groups excluding carboxylic acids is 2. The third kappa shape index (κ3) is 5.45. The highest BCUT2D eigenvalue weighted by Gasteiger charge is 2.46. The second kappa shape index (κ2) is 10.3. The Morgan fingerprint density at radius 2 is 1.64 bits per heavy atom. The van der Waals surface area contributed by atoms with Crippen LogP contribution in [-0.2, 0) is 10.3 Å². The SMILES string of the molecule is CC(c1ccc(-c2cnc(N3CCN(C)C3=O)nc2)cc1)N1CCC(CC(C)(C)O)(c2ccccc2)OC1=O. The number of aromatic nitrogens is 2. The van der Waals surface area contributed by atoms with E-state index in [-0.39, 0.29) is 12.1 Å². The summed E-state index contributed by atoms with van der Waals surface area (Å²) in [5.41, 5.74) is 1.78. The van der Waals surface area contributed by atoms with Gasteiger partial charge in [-0.15, -0.1) is 0 Å². The molecule has 39 heavy (non-hydrogen) atoms. The van der Waals surface area contributed by atoms with Crippen molar-refractivity contribution in [3.8, 4) is 11.1 Å². The lowest BCUT2D eigenvalue weighted by molar-refractivity contribution is -0.101. The number of aliphatic hydroxyl groups is 1. The number of hydrogen-bond donors (Lipinski definition) is 1. The zero-order chi connectivity index (χ0) is 27.8. The van der Waals surface area contributed by atoms with Crippen molar-refractivity contribution >= 4 is 18.1 Å². The summed E-state index contributed by atoms with van der Waals surface area (Å²) < 4.78 is 6.13. The maximum atomic E-state index is 13.3. The Hall–Kier alpha value is -3.98. The average molecular weight is 530 g/mol. The van der Waals surface area contributed by atoms with Crippen molar-refractivity contribution in [2.75, 3.05) is 31.6 Å². The minimum atomic E-state index is -0.998. The van der Waals surface area contributed by atoms with E-state index in [1.807, 2.05) is 61.5 Å². The molecule has 0 saturated carbocycles. The summed E-state index contributed by atoms with van der Waals surface area (Å²) in [4.78, 5) is 39.3. The van der Waals surface area contributed by atoms with Crippen LogP contribution in [0.5, 0.6) is 0 Å². The van der Waals surface area contributed by atoms with Gasteiger partial charge < -0.3 is 19.6 Å². The molecule has 3 heterocycles. The largest absolute Gasteiger partial charge is 0.438 e. The number of ether oxygens (including phenoxy) is 1. The Balaban J connectivity index is 1.29. The molecule has 0 aliphatic carbocycles. The molecule has 2 aliphatic heterocycles. The Kier molecular flexibility index (Phi) is 7.03. The first-order valence-corrected chi connectivity index (χ1v) is 13.3. The number of nitrogens with zero attached hydrogens (tertiary/aromatic N) is 5. The first-order chi connectivity index (χ1) is 18.6. The molecule has 2 atom stereocenters. The smallest absolute Gasteiger partial charge is 0.411 e. The van der Waals surface area contributed by atoms with Crippen LogP contribution in [-0.4, -0.2) is 69.3 Å². The first-order valence-electron chi connectivity index (χ1n) is 13.3. The van der Waals surface area contributed by atoms with Gasteiger partial charge in [-0.2, -0.15) is 0 Å². The van der Waals surface area contributed by atoms with Gasteiger partial charge >= 0.3 is 12.1 Å². The Labute approximate surface area is 229 Å². The molecular weight excluding hydrogens is 494 g/mol. The molecule has 2 aromatic carbocycles. The predicted molar refractivity (Wildman–Crippen MR) is 148 cm³/mol. The van der Waals surface area contributed by atoms with Crippen LogP contribution in [0.2, 0.25) is 0 Å². The molecule has 9 nitrogen and oxygen atoms in total. The van der Waals surface area contributed by atoms with Crippen molar-refractivity contribution in [2.45, 2.75) is 50.9 Å². The van der Waals surface area contributed by atoms with Gasteiger partial charge in [0.15, 0.2) is 0 Å². The Morgan fingerprint density at radius 1 is 0.974 bits per heavy atom. The summed E-state index contributed by atoms with van der Waals surface area (Å²) >= 11 is 0. The molecule has 0 bridgehead atoms. The van der Waals surface area contributed by atoms with Gasteiger partial charge in [-0.3, -0.25) is 4.90 Å². The van der Waals surface area contributed by atoms with E-state index in [9.17, 15) is 14.7 Å². The highest BCUT2D eigenvalue weighted by molar-refractivity contribution is 5.92. The van der Waals surface area contributed by atoms with Crippen LogP contribution < -0.4 is 4.90 Å². The van der Waals surface area contributed by atoms with Crippen LogP contribution in [0.25, 0.3) is 11.1 Å². The van der Waals surface area contributed by atoms with E-state index in [0.29, 0.717) is 38.4 Å². The summed E-state index contributed by atoms with van der Waals surface area (Å²) in [6, 6.07) is 17.3. The quantitative estimate of drug-likeness (QED) is 0.464. The second-order valence-electron chi connectivity index (χ2n) is 11.1. The van der Waals surface area contributed by atoms with Crippen LogP contribution in [0.15, 0.2) is 67.0 Å². The van der Waals surface area contributed by atoms with E-state index >= 15 is 0 Å². The van der Waals surface area contributed by atoms with E-state index in [1.54, 1.807) is 48.0 Å². The van der Waals surface area contributed by atoms with Gasteiger partial charge in [0.05, 0.1) is 11.6 Å². The van der Waals surface area contributed by atoms with E-state index in [0.717, 1.165) is 22.3 Å². The van der Waals surface area contributed by atoms with Crippen LogP contribution in [0.3, 0.4) is 0 Å². The van der Waals surface area contributed by atoms with Crippen LogP contribution >= 0.6 is 0 Å². The van der Waals surface area contributed by atoms with Gasteiger partial charge in [0.2, 0.25) is 5.95 Å². The third-order valence-corrected chi connectivity index (χ3v) is 7.58. The van der Waals surface area contributed by atoms with Crippen LogP contribution in [0.1, 0.15) is 50.8 Å². The number of amides is 3. The number of anilines is 1. The molecule has 2 saturated heterocycles. The molecule has 5 rings (SSSR count). The molecule has 9 heteroatoms. The standard InChI is InChI=1S/C30H35N5O4/c1-21(34-15-14-30(39-28(34)37,20-29(2,3)38)25-8-6-5-7-9-25)22-10-12-23(13-11-22)24-18-31-26(32-19-24)35-17-16-33(4)27(35)36/h5-13,18-19,21,38H,14-17,20H2,1-4H3. The lowest BCUT2D eigenvalue weighted by atomic mass is 9.80. The molecule has 2 aliphatic rings. The van der Waals surface area contributed by atoms with Gasteiger partial charge in [0.1, 0.15) is 5.60 Å². The number of hydrogen-bond acceptors (Lipinski definition) is 6. The molecule has 3 aromatic rings. The minimum Gasteiger partial charge on any atom is -0.438 e. The molecule has 204 valence electrons. The van der Waals surface area contributed by atoms with Gasteiger partial charge in [0, 0.05) is 57.5 Å². The van der Waals surface area contributed by atoms with E-state index in [1.165, 1.54) is 0 Å². The fourth-order valence-electron chi connectivity index (χ4n) is 5.47. The van der Waals surface area contributed by atoms with Gasteiger partial charge in [-0.05, 0) is 37.5 Å². The van der Waals surface area contributed by atoms with Gasteiger partial charge in [-0.25, -0.2) is 19.6 Å². The maximum absolute atomic E-state index is 13.3. The zero-order valence-electron chi connectivity index (χ0n) is 22.9. The van der Waals surface area contributed by atoms with Crippen molar-refractivity contribution < 1.29 is 19.4 Å². The van der Waals surface area contributed by atoms with Crippen LogP contribution in [0, 0.1) is 0 Å². The predicted octanol–water partition coefficient (Wildman–Crippen LogP) is 4.98. The second-order valence-corrected chi connectivity index (χ2v) is 11.1. The molecule has 2 unspecified atom stereocenters. The van der Waals surface area contributed by atoms with Gasteiger partial charge in [-0.1, -0.05) is 54.6 Å². The van der Waals surface area contributed by atoms with Crippen molar-refractivity contribution in [1.29, 1.82) is 0 Å². The monoisotopic (exact) mass is 529 g/mol. The molecule has 2 fully saturated rings. The summed E-state index contributed by atoms with van der Waals surface area (Å²) in [6.45, 7) is 7.21. The normalized spacial score (nSPS) is 20.8. The van der Waals surface area contributed by atoms with Crippen molar-refractivity contribution in [3.63, 3.8) is 0 Å². The van der Waals surface area contributed by atoms with Crippen molar-refractivity contribution in [3.05, 3.63) is 78.1 Å². The number of cyclic esters (lactones) is 1. The van der Waals surface area contributed by atoms with E-state index in [4.69, 9.17) is 4.74 Å². The number of urea groups is 1. The molecule has 1 N–H and O–H groups in total. The van der Waals surface area contributed by atoms with Crippen molar-refractivity contribution in [2.24, 2.45) is 0 Å². The number of rotatable bonds is 7. The van der Waals surface area contributed by atoms with E-state index in [2.05, 4.69) is 9.97 Å². The minimum absolute atomic E-state index is 0.0987. The number of benzene rings is 2. The van der Waals surface area contributed by atoms with E-state index < -0.39 is 17.3 Å². The number of carbonyl (C=O) groups is 2. The van der Waals surface area contributed by atoms with Crippen LogP contribution in [0.4, 0.5) is 15.5 Å². The highest BCUT2D eigenvalue weighted by atomic mass is 16.6. The van der Waals surface area contributed by atoms with Gasteiger partial charge in [0.25, 0.3) is 0 Å². The fourth-order valence-corrected chi connectivity index (χ4v) is 5.47. The Bertz CT molecular complexity index is 1320. The molecule has 1 aromatic heterocycles. The summed E-state index contributed by atoms with van der Waals surface area (Å²) in [5.74, 6) is 0.401. The zero-order valence-corrected chi connectivity index (χ0v) is 22.9. The lowest BCUT2D eigenvalue weighted by Crippen LogP contribution is -2.51. The Morgan fingerprint density at radius 3 is 2.21 bits per heavy atom. The fraction of sp³-hybridized carbons (Fsp3) is 0.400. The van der Waals surface area contributed by atoms with Crippen molar-refractivity contribution in [1.82, 2.24) is 19.8 Å². The summed E-state index contributed by atoms with van der Waals surface area (Å²) in [6.07, 6.45) is 3.95. The lowest BCUT2D eigenvalue weighted by Gasteiger charge is -2.45. The molecule has 3 amide bonds. The number of likely N-dealkylation sites (N-methyl/N-ethyl adjacent to an activating group) is 1. The molecule has 0 radical (unpaired) electrons. The maximum Gasteiger partial charge on any atom is 0.411 e. The third-order valence-electron chi connectivity index (χ3n) is 7.58. The molecular formula is C30H35N5O4. The first kappa shape index (κ1) is 26.6. The highest BCUT2D eigenvalue weighted by Crippen LogP contribution is 2.42. The summed E-state index contributed by atoms with van der Waals surface area (Å²) in [5, 5.41) is 10.6. The summed E-state index contributed by atoms with van der Waals surface area (Å²) in [7, 11) is 1.76. The molecule has 0 spiro atoms. The topological polar surface area (TPSA) is 99.1 Å².